The molecule has 2 aliphatic heterocycles. The quantitative estimate of drug-likeness (QED) is 0.692. The maximum absolute atomic E-state index is 13.3. The third-order valence-electron chi connectivity index (χ3n) is 6.57. The predicted octanol–water partition coefficient (Wildman–Crippen LogP) is 2.45. The Balaban J connectivity index is 1.90. The van der Waals surface area contributed by atoms with Gasteiger partial charge in [0.25, 0.3) is 0 Å². The summed E-state index contributed by atoms with van der Waals surface area (Å²) in [7, 11) is 1.58. The normalized spacial score (nSPS) is 40.9. The van der Waals surface area contributed by atoms with E-state index in [1.165, 1.54) is 4.90 Å². The lowest BCUT2D eigenvalue weighted by Crippen LogP contribution is -2.64. The average Bonchev–Trinajstić information content (AvgIpc) is 2.50. The zero-order valence-electron chi connectivity index (χ0n) is 15.6. The predicted molar refractivity (Wildman–Crippen MR) is 90.9 cm³/mol. The lowest BCUT2D eigenvalue weighted by atomic mass is 9.51. The third-order valence-corrected chi connectivity index (χ3v) is 6.57. The highest BCUT2D eigenvalue weighted by Crippen LogP contribution is 2.58. The van der Waals surface area contributed by atoms with Crippen LogP contribution in [0.1, 0.15) is 59.8 Å². The fourth-order valence-electron chi connectivity index (χ4n) is 5.72. The second kappa shape index (κ2) is 5.30. The van der Waals surface area contributed by atoms with E-state index < -0.39 is 16.2 Å². The van der Waals surface area contributed by atoms with Crippen LogP contribution in [0.4, 0.5) is 0 Å². The van der Waals surface area contributed by atoms with Crippen LogP contribution < -0.4 is 0 Å². The molecule has 0 aromatic rings. The van der Waals surface area contributed by atoms with Gasteiger partial charge in [-0.05, 0) is 38.0 Å². The molecule has 5 nitrogen and oxygen atoms in total. The van der Waals surface area contributed by atoms with Crippen molar-refractivity contribution in [2.45, 2.75) is 59.8 Å². The molecule has 0 aromatic carbocycles. The van der Waals surface area contributed by atoms with Gasteiger partial charge in [-0.25, -0.2) is 0 Å². The van der Waals surface area contributed by atoms with Crippen LogP contribution in [0.5, 0.6) is 0 Å². The highest BCUT2D eigenvalue weighted by Gasteiger charge is 2.62. The molecule has 1 aliphatic carbocycles. The van der Waals surface area contributed by atoms with Crippen molar-refractivity contribution in [3.63, 3.8) is 0 Å². The molecule has 2 bridgehead atoms. The summed E-state index contributed by atoms with van der Waals surface area (Å²) in [6, 6.07) is 0. The molecule has 0 spiro atoms. The van der Waals surface area contributed by atoms with Crippen LogP contribution in [0.15, 0.2) is 0 Å². The zero-order valence-corrected chi connectivity index (χ0v) is 15.6. The Bertz CT molecular complexity index is 563. The van der Waals surface area contributed by atoms with E-state index in [4.69, 9.17) is 0 Å². The number of carbonyl (C=O) groups excluding carboxylic acids is 3. The van der Waals surface area contributed by atoms with Crippen LogP contribution in [0, 0.1) is 22.2 Å². The van der Waals surface area contributed by atoms with E-state index >= 15 is 0 Å². The summed E-state index contributed by atoms with van der Waals surface area (Å²) in [5.74, 6) is 0.545. The number of carbonyl (C=O) groups is 3. The van der Waals surface area contributed by atoms with Crippen LogP contribution in [-0.2, 0) is 14.4 Å². The Morgan fingerprint density at radius 3 is 1.88 bits per heavy atom. The van der Waals surface area contributed by atoms with Gasteiger partial charge in [0.2, 0.25) is 17.7 Å². The number of hydrogen-bond acceptors (Lipinski definition) is 3. The fraction of sp³-hybridized carbons (Fsp3) is 0.842. The van der Waals surface area contributed by atoms with Gasteiger partial charge in [0, 0.05) is 36.4 Å². The number of likely N-dealkylation sites (tertiary alicyclic amines) is 2. The molecule has 24 heavy (non-hydrogen) atoms. The number of amides is 3. The molecule has 3 amide bonds. The Morgan fingerprint density at radius 1 is 0.958 bits per heavy atom. The Morgan fingerprint density at radius 2 is 1.42 bits per heavy atom. The monoisotopic (exact) mass is 334 g/mol. The molecule has 2 atom stereocenters. The van der Waals surface area contributed by atoms with Crippen LogP contribution in [-0.4, -0.2) is 47.7 Å². The average molecular weight is 334 g/mol. The van der Waals surface area contributed by atoms with Gasteiger partial charge in [0.05, 0.1) is 0 Å². The molecular formula is C19H30N2O3. The molecule has 3 aliphatic rings. The van der Waals surface area contributed by atoms with Crippen molar-refractivity contribution in [1.82, 2.24) is 9.80 Å². The molecule has 0 radical (unpaired) electrons. The van der Waals surface area contributed by atoms with Crippen LogP contribution in [0.2, 0.25) is 0 Å². The van der Waals surface area contributed by atoms with Crippen molar-refractivity contribution in [2.24, 2.45) is 22.2 Å². The van der Waals surface area contributed by atoms with Gasteiger partial charge in [-0.1, -0.05) is 27.7 Å². The van der Waals surface area contributed by atoms with Gasteiger partial charge in [-0.2, -0.15) is 0 Å². The van der Waals surface area contributed by atoms with E-state index in [9.17, 15) is 14.4 Å². The highest BCUT2D eigenvalue weighted by molar-refractivity contribution is 6.04. The van der Waals surface area contributed by atoms with Gasteiger partial charge < -0.3 is 4.90 Å². The SMILES string of the molecule is CC1CCN(C(=O)C2(C)CC3(C)CC(C)(C2)C(=O)N(C)C3=O)CC1. The molecule has 134 valence electrons. The Kier molecular flexibility index (Phi) is 3.85. The van der Waals surface area contributed by atoms with Gasteiger partial charge >= 0.3 is 0 Å². The first kappa shape index (κ1) is 17.4. The number of fused-ring (bicyclic) bond motifs is 2. The maximum atomic E-state index is 13.3. The topological polar surface area (TPSA) is 57.7 Å². The first-order valence-corrected chi connectivity index (χ1v) is 9.13. The molecule has 3 fully saturated rings. The van der Waals surface area contributed by atoms with E-state index in [0.29, 0.717) is 25.2 Å². The molecule has 2 heterocycles. The second-order valence-electron chi connectivity index (χ2n) is 9.36. The Labute approximate surface area is 144 Å². The molecule has 2 saturated heterocycles. The highest BCUT2D eigenvalue weighted by atomic mass is 16.2. The van der Waals surface area contributed by atoms with Crippen LogP contribution in [0.25, 0.3) is 0 Å². The second-order valence-corrected chi connectivity index (χ2v) is 9.36. The van der Waals surface area contributed by atoms with Crippen molar-refractivity contribution in [3.05, 3.63) is 0 Å². The van der Waals surface area contributed by atoms with E-state index in [1.54, 1.807) is 7.05 Å². The molecule has 0 aromatic heterocycles. The van der Waals surface area contributed by atoms with Gasteiger partial charge in [-0.3, -0.25) is 19.3 Å². The largest absolute Gasteiger partial charge is 0.342 e. The minimum Gasteiger partial charge on any atom is -0.342 e. The maximum Gasteiger partial charge on any atom is 0.234 e. The van der Waals surface area contributed by atoms with E-state index in [1.807, 2.05) is 25.7 Å². The van der Waals surface area contributed by atoms with E-state index in [0.717, 1.165) is 25.9 Å². The summed E-state index contributed by atoms with van der Waals surface area (Å²) < 4.78 is 0. The van der Waals surface area contributed by atoms with E-state index in [-0.39, 0.29) is 17.7 Å². The minimum atomic E-state index is -0.630. The summed E-state index contributed by atoms with van der Waals surface area (Å²) in [5, 5.41) is 0. The summed E-state index contributed by atoms with van der Waals surface area (Å²) >= 11 is 0. The molecule has 3 rings (SSSR count). The van der Waals surface area contributed by atoms with Crippen LogP contribution >= 0.6 is 0 Å². The number of imide groups is 1. The minimum absolute atomic E-state index is 0.129. The van der Waals surface area contributed by atoms with Crippen molar-refractivity contribution >= 4 is 17.7 Å². The third kappa shape index (κ3) is 2.47. The molecular weight excluding hydrogens is 304 g/mol. The van der Waals surface area contributed by atoms with Gasteiger partial charge in [0.15, 0.2) is 0 Å². The lowest BCUT2D eigenvalue weighted by Gasteiger charge is -2.56. The number of nitrogens with zero attached hydrogens (tertiary/aromatic N) is 2. The van der Waals surface area contributed by atoms with Gasteiger partial charge in [-0.15, -0.1) is 0 Å². The summed E-state index contributed by atoms with van der Waals surface area (Å²) in [6.07, 6.45) is 3.71. The van der Waals surface area contributed by atoms with Crippen molar-refractivity contribution < 1.29 is 14.4 Å². The number of piperidine rings is 2. The summed E-state index contributed by atoms with van der Waals surface area (Å²) in [4.78, 5) is 42.0. The summed E-state index contributed by atoms with van der Waals surface area (Å²) in [5.41, 5.74) is -1.87. The number of rotatable bonds is 1. The first-order chi connectivity index (χ1) is 11.0. The van der Waals surface area contributed by atoms with Crippen molar-refractivity contribution in [3.8, 4) is 0 Å². The molecule has 5 heteroatoms. The zero-order chi connectivity index (χ0) is 17.9. The first-order valence-electron chi connectivity index (χ1n) is 9.13. The van der Waals surface area contributed by atoms with Crippen molar-refractivity contribution in [1.29, 1.82) is 0 Å². The number of hydrogen-bond donors (Lipinski definition) is 0. The van der Waals surface area contributed by atoms with E-state index in [2.05, 4.69) is 6.92 Å². The standard InChI is InChI=1S/C19H30N2O3/c1-13-6-8-21(9-7-13)16(24)19(4)11-17(2)10-18(3,12-19)15(23)20(5)14(17)22/h13H,6-12H2,1-5H3. The van der Waals surface area contributed by atoms with Gasteiger partial charge in [0.1, 0.15) is 0 Å². The molecule has 1 saturated carbocycles. The van der Waals surface area contributed by atoms with Crippen molar-refractivity contribution in [2.75, 3.05) is 20.1 Å². The smallest absolute Gasteiger partial charge is 0.234 e. The fourth-order valence-corrected chi connectivity index (χ4v) is 5.72. The lowest BCUT2D eigenvalue weighted by molar-refractivity contribution is -0.180. The van der Waals surface area contributed by atoms with Crippen LogP contribution in [0.3, 0.4) is 0 Å². The molecule has 0 N–H and O–H groups in total. The summed E-state index contributed by atoms with van der Waals surface area (Å²) in [6.45, 7) is 9.65. The molecule has 2 unspecified atom stereocenters. The Hall–Kier alpha value is -1.39.